The highest BCUT2D eigenvalue weighted by Gasteiger charge is 2.61. The first-order valence-electron chi connectivity index (χ1n) is 8.27. The number of carbonyl (C=O) groups excluding carboxylic acids is 2. The van der Waals surface area contributed by atoms with Gasteiger partial charge in [-0.05, 0) is 26.7 Å². The summed E-state index contributed by atoms with van der Waals surface area (Å²) in [4.78, 5) is 24.2. The molecule has 3 aliphatic rings. The molecule has 0 spiro atoms. The van der Waals surface area contributed by atoms with Crippen molar-refractivity contribution in [3.8, 4) is 0 Å². The standard InChI is InChI=1S/C19H24O5/c1-9(2)17(21)23-12-8-19(5)13(20)7-6-10(3)15(19)16-14(12)11(4)18(22)24-16/h6,12-16,20H,1,4,7-8H2,2-3,5H3/t12-,13+,14+,15+,16-,19-/m1/s1. The zero-order valence-electron chi connectivity index (χ0n) is 14.4. The van der Waals surface area contributed by atoms with E-state index < -0.39 is 35.7 Å². The highest BCUT2D eigenvalue weighted by Crippen LogP contribution is 2.56. The fourth-order valence-electron chi connectivity index (χ4n) is 4.55. The Hall–Kier alpha value is -1.88. The van der Waals surface area contributed by atoms with Crippen LogP contribution in [0.3, 0.4) is 0 Å². The lowest BCUT2D eigenvalue weighted by atomic mass is 9.54. The molecule has 5 heteroatoms. The summed E-state index contributed by atoms with van der Waals surface area (Å²) in [5, 5.41) is 10.6. The Balaban J connectivity index is 2.02. The van der Waals surface area contributed by atoms with E-state index >= 15 is 0 Å². The summed E-state index contributed by atoms with van der Waals surface area (Å²) in [5.74, 6) is -1.43. The van der Waals surface area contributed by atoms with Gasteiger partial charge in [0.25, 0.3) is 0 Å². The van der Waals surface area contributed by atoms with E-state index in [9.17, 15) is 14.7 Å². The van der Waals surface area contributed by atoms with Crippen molar-refractivity contribution < 1.29 is 24.2 Å². The average molecular weight is 332 g/mol. The maximum atomic E-state index is 12.1. The van der Waals surface area contributed by atoms with Gasteiger partial charge in [0.05, 0.1) is 12.0 Å². The summed E-state index contributed by atoms with van der Waals surface area (Å²) in [7, 11) is 0. The van der Waals surface area contributed by atoms with Crippen LogP contribution < -0.4 is 0 Å². The molecule has 0 bridgehead atoms. The fraction of sp³-hybridized carbons (Fsp3) is 0.579. The highest BCUT2D eigenvalue weighted by molar-refractivity contribution is 5.91. The fourth-order valence-corrected chi connectivity index (χ4v) is 4.55. The number of carbonyl (C=O) groups is 2. The molecule has 1 saturated carbocycles. The van der Waals surface area contributed by atoms with E-state index in [-0.39, 0.29) is 11.8 Å². The van der Waals surface area contributed by atoms with Crippen LogP contribution in [0.4, 0.5) is 0 Å². The maximum absolute atomic E-state index is 12.1. The summed E-state index contributed by atoms with van der Waals surface area (Å²) >= 11 is 0. The predicted octanol–water partition coefficient (Wildman–Crippen LogP) is 2.31. The van der Waals surface area contributed by atoms with Crippen molar-refractivity contribution in [1.29, 1.82) is 0 Å². The molecule has 1 saturated heterocycles. The highest BCUT2D eigenvalue weighted by atomic mass is 16.6. The lowest BCUT2D eigenvalue weighted by Gasteiger charge is -2.53. The van der Waals surface area contributed by atoms with E-state index in [1.807, 2.05) is 19.9 Å². The van der Waals surface area contributed by atoms with Crippen molar-refractivity contribution >= 4 is 11.9 Å². The van der Waals surface area contributed by atoms with E-state index in [1.54, 1.807) is 6.92 Å². The van der Waals surface area contributed by atoms with Crippen LogP contribution in [0.2, 0.25) is 0 Å². The lowest BCUT2D eigenvalue weighted by molar-refractivity contribution is -0.172. The molecule has 6 atom stereocenters. The third-order valence-electron chi connectivity index (χ3n) is 5.86. The number of hydrogen-bond donors (Lipinski definition) is 1. The molecule has 0 amide bonds. The Morgan fingerprint density at radius 2 is 2.17 bits per heavy atom. The molecule has 0 unspecified atom stereocenters. The van der Waals surface area contributed by atoms with E-state index in [0.717, 1.165) is 5.57 Å². The van der Waals surface area contributed by atoms with Gasteiger partial charge in [0.1, 0.15) is 12.2 Å². The third kappa shape index (κ3) is 2.34. The molecule has 2 aliphatic carbocycles. The Morgan fingerprint density at radius 1 is 1.50 bits per heavy atom. The van der Waals surface area contributed by atoms with Crippen LogP contribution in [0.5, 0.6) is 0 Å². The molecule has 0 radical (unpaired) electrons. The van der Waals surface area contributed by atoms with Crippen LogP contribution in [0.15, 0.2) is 36.0 Å². The Labute approximate surface area is 142 Å². The molecule has 1 N–H and O–H groups in total. The first-order chi connectivity index (χ1) is 11.2. The Morgan fingerprint density at radius 3 is 2.79 bits per heavy atom. The molecular weight excluding hydrogens is 308 g/mol. The molecule has 1 aliphatic heterocycles. The summed E-state index contributed by atoms with van der Waals surface area (Å²) < 4.78 is 11.2. The van der Waals surface area contributed by atoms with Crippen LogP contribution in [0.1, 0.15) is 33.6 Å². The number of rotatable bonds is 2. The largest absolute Gasteiger partial charge is 0.458 e. The van der Waals surface area contributed by atoms with Gasteiger partial charge in [-0.3, -0.25) is 0 Å². The number of aliphatic hydroxyl groups excluding tert-OH is 1. The van der Waals surface area contributed by atoms with Gasteiger partial charge >= 0.3 is 11.9 Å². The van der Waals surface area contributed by atoms with Crippen LogP contribution in [0.25, 0.3) is 0 Å². The summed E-state index contributed by atoms with van der Waals surface area (Å²) in [6, 6.07) is 0. The number of hydrogen-bond acceptors (Lipinski definition) is 5. The van der Waals surface area contributed by atoms with Crippen molar-refractivity contribution in [2.75, 3.05) is 0 Å². The van der Waals surface area contributed by atoms with Gasteiger partial charge in [-0.25, -0.2) is 9.59 Å². The van der Waals surface area contributed by atoms with Gasteiger partial charge < -0.3 is 14.6 Å². The quantitative estimate of drug-likeness (QED) is 0.477. The van der Waals surface area contributed by atoms with Gasteiger partial charge in [0.2, 0.25) is 0 Å². The zero-order chi connectivity index (χ0) is 17.8. The van der Waals surface area contributed by atoms with Gasteiger partial charge in [0, 0.05) is 22.5 Å². The van der Waals surface area contributed by atoms with Crippen molar-refractivity contribution in [3.63, 3.8) is 0 Å². The molecule has 0 aromatic rings. The number of fused-ring (bicyclic) bond motifs is 3. The average Bonchev–Trinajstić information content (AvgIpc) is 2.78. The van der Waals surface area contributed by atoms with Crippen LogP contribution in [0, 0.1) is 17.3 Å². The van der Waals surface area contributed by atoms with Crippen molar-refractivity contribution in [3.05, 3.63) is 36.0 Å². The van der Waals surface area contributed by atoms with E-state index in [0.29, 0.717) is 24.0 Å². The molecule has 0 aromatic carbocycles. The summed E-state index contributed by atoms with van der Waals surface area (Å²) in [5.41, 5.74) is 1.22. The van der Waals surface area contributed by atoms with Gasteiger partial charge in [-0.1, -0.05) is 31.7 Å². The normalized spacial score (nSPS) is 41.0. The smallest absolute Gasteiger partial charge is 0.334 e. The molecule has 5 nitrogen and oxygen atoms in total. The minimum atomic E-state index is -0.578. The summed E-state index contributed by atoms with van der Waals surface area (Å²) in [6.45, 7) is 13.0. The van der Waals surface area contributed by atoms with Crippen molar-refractivity contribution in [2.24, 2.45) is 17.3 Å². The van der Waals surface area contributed by atoms with E-state index in [2.05, 4.69) is 13.2 Å². The number of aliphatic hydroxyl groups is 1. The lowest BCUT2D eigenvalue weighted by Crippen LogP contribution is -2.57. The Bertz CT molecular complexity index is 661. The van der Waals surface area contributed by atoms with Crippen LogP contribution in [-0.2, 0) is 19.1 Å². The molecular formula is C19H24O5. The van der Waals surface area contributed by atoms with E-state index in [4.69, 9.17) is 9.47 Å². The van der Waals surface area contributed by atoms with Crippen LogP contribution in [-0.4, -0.2) is 35.4 Å². The topological polar surface area (TPSA) is 72.8 Å². The minimum absolute atomic E-state index is 0.103. The molecule has 0 aromatic heterocycles. The number of esters is 2. The second-order valence-electron chi connectivity index (χ2n) is 7.53. The summed E-state index contributed by atoms with van der Waals surface area (Å²) in [6.07, 6.45) is 1.42. The van der Waals surface area contributed by atoms with Gasteiger partial charge in [0.15, 0.2) is 0 Å². The molecule has 24 heavy (non-hydrogen) atoms. The molecule has 130 valence electrons. The van der Waals surface area contributed by atoms with E-state index in [1.165, 1.54) is 0 Å². The first kappa shape index (κ1) is 17.0. The van der Waals surface area contributed by atoms with Gasteiger partial charge in [-0.15, -0.1) is 0 Å². The predicted molar refractivity (Wildman–Crippen MR) is 87.8 cm³/mol. The van der Waals surface area contributed by atoms with Crippen molar-refractivity contribution in [1.82, 2.24) is 0 Å². The second-order valence-corrected chi connectivity index (χ2v) is 7.53. The number of ether oxygens (including phenoxy) is 2. The van der Waals surface area contributed by atoms with Crippen LogP contribution >= 0.6 is 0 Å². The first-order valence-corrected chi connectivity index (χ1v) is 8.27. The maximum Gasteiger partial charge on any atom is 0.334 e. The second kappa shape index (κ2) is 5.59. The minimum Gasteiger partial charge on any atom is -0.458 e. The molecule has 3 rings (SSSR count). The monoisotopic (exact) mass is 332 g/mol. The molecule has 1 heterocycles. The van der Waals surface area contributed by atoms with Crippen molar-refractivity contribution in [2.45, 2.75) is 51.9 Å². The SMILES string of the molecule is C=C(C)C(=O)O[C@@H]1C[C@]2(C)[C@@H](O)CC=C(C)[C@H]2[C@@H]2OC(=O)C(=C)[C@H]21. The third-order valence-corrected chi connectivity index (χ3v) is 5.86. The zero-order valence-corrected chi connectivity index (χ0v) is 14.4. The molecule has 2 fully saturated rings. The Kier molecular flexibility index (Phi) is 3.95. The van der Waals surface area contributed by atoms with Gasteiger partial charge in [-0.2, -0.15) is 0 Å².